The Labute approximate surface area is 145 Å². The fraction of sp³-hybridized carbons (Fsp3) is 0.529. The Bertz CT molecular complexity index is 661. The maximum absolute atomic E-state index is 12.2. The van der Waals surface area contributed by atoms with Crippen molar-refractivity contribution in [2.45, 2.75) is 39.2 Å². The van der Waals surface area contributed by atoms with Crippen LogP contribution in [0.5, 0.6) is 5.75 Å². The quantitative estimate of drug-likeness (QED) is 0.444. The molecule has 1 heterocycles. The van der Waals surface area contributed by atoms with Gasteiger partial charge in [0.25, 0.3) is 5.91 Å². The van der Waals surface area contributed by atoms with Crippen LogP contribution in [0.3, 0.4) is 0 Å². The van der Waals surface area contributed by atoms with E-state index < -0.39 is 10.9 Å². The molecule has 0 spiro atoms. The summed E-state index contributed by atoms with van der Waals surface area (Å²) in [5.74, 6) is -0.938. The van der Waals surface area contributed by atoms with Gasteiger partial charge in [0.15, 0.2) is 12.4 Å². The lowest BCUT2D eigenvalue weighted by Gasteiger charge is -2.33. The van der Waals surface area contributed by atoms with Gasteiger partial charge in [0.1, 0.15) is 0 Å². The molecule has 1 atom stereocenters. The van der Waals surface area contributed by atoms with E-state index in [0.29, 0.717) is 6.54 Å². The highest BCUT2D eigenvalue weighted by molar-refractivity contribution is 5.92. The second kappa shape index (κ2) is 8.46. The minimum absolute atomic E-state index is 0.00893. The largest absolute Gasteiger partial charge is 0.487 e. The lowest BCUT2D eigenvalue weighted by atomic mass is 10.0. The number of likely N-dealkylation sites (tertiary alicyclic amines) is 1. The molecule has 0 saturated carbocycles. The minimum atomic E-state index is -0.774. The highest BCUT2D eigenvalue weighted by Crippen LogP contribution is 2.28. The number of nitro benzene ring substituents is 1. The molecule has 0 N–H and O–H groups in total. The number of carbonyl (C=O) groups is 2. The van der Waals surface area contributed by atoms with E-state index in [-0.39, 0.29) is 42.2 Å². The summed E-state index contributed by atoms with van der Waals surface area (Å²) in [5.41, 5.74) is -0.304. The number of ether oxygens (including phenoxy) is 2. The molecule has 1 saturated heterocycles. The molecule has 0 aromatic heterocycles. The highest BCUT2D eigenvalue weighted by atomic mass is 16.6. The maximum atomic E-state index is 12.2. The number of nitro groups is 1. The number of esters is 1. The number of nitrogens with zero attached hydrogens (tertiary/aromatic N) is 2. The number of hydrogen-bond donors (Lipinski definition) is 0. The van der Waals surface area contributed by atoms with E-state index in [9.17, 15) is 19.7 Å². The van der Waals surface area contributed by atoms with Crippen molar-refractivity contribution in [1.82, 2.24) is 4.90 Å². The Kier molecular flexibility index (Phi) is 6.32. The SMILES string of the molecule is CCOc1ccc(C(=O)OCC(=O)N2CCCC[C@@H]2C)cc1[N+](=O)[O-]. The zero-order valence-corrected chi connectivity index (χ0v) is 14.4. The summed E-state index contributed by atoms with van der Waals surface area (Å²) in [6.45, 7) is 4.23. The molecular formula is C17H22N2O6. The molecule has 136 valence electrons. The van der Waals surface area contributed by atoms with E-state index in [2.05, 4.69) is 0 Å². The summed E-state index contributed by atoms with van der Waals surface area (Å²) in [4.78, 5) is 36.5. The Hall–Kier alpha value is -2.64. The number of piperidine rings is 1. The van der Waals surface area contributed by atoms with Gasteiger partial charge in [-0.1, -0.05) is 0 Å². The molecule has 1 aromatic carbocycles. The molecule has 1 fully saturated rings. The molecule has 2 rings (SSSR count). The number of carbonyl (C=O) groups excluding carboxylic acids is 2. The van der Waals surface area contributed by atoms with E-state index in [0.717, 1.165) is 25.3 Å². The van der Waals surface area contributed by atoms with Crippen LogP contribution in [0.15, 0.2) is 18.2 Å². The predicted octanol–water partition coefficient (Wildman–Crippen LogP) is 2.55. The van der Waals surface area contributed by atoms with Crippen molar-refractivity contribution in [3.05, 3.63) is 33.9 Å². The highest BCUT2D eigenvalue weighted by Gasteiger charge is 2.25. The first-order valence-corrected chi connectivity index (χ1v) is 8.31. The predicted molar refractivity (Wildman–Crippen MR) is 89.6 cm³/mol. The van der Waals surface area contributed by atoms with Gasteiger partial charge in [-0.3, -0.25) is 14.9 Å². The zero-order chi connectivity index (χ0) is 18.4. The van der Waals surface area contributed by atoms with Gasteiger partial charge in [0.05, 0.1) is 17.1 Å². The molecular weight excluding hydrogens is 328 g/mol. The second-order valence-corrected chi connectivity index (χ2v) is 5.88. The Morgan fingerprint density at radius 3 is 2.76 bits per heavy atom. The first-order chi connectivity index (χ1) is 11.9. The molecule has 1 aliphatic heterocycles. The molecule has 25 heavy (non-hydrogen) atoms. The molecule has 8 nitrogen and oxygen atoms in total. The lowest BCUT2D eigenvalue weighted by molar-refractivity contribution is -0.385. The summed E-state index contributed by atoms with van der Waals surface area (Å²) >= 11 is 0. The van der Waals surface area contributed by atoms with Gasteiger partial charge in [-0.25, -0.2) is 4.79 Å². The Morgan fingerprint density at radius 2 is 2.12 bits per heavy atom. The average molecular weight is 350 g/mol. The molecule has 0 aliphatic carbocycles. The first kappa shape index (κ1) is 18.7. The van der Waals surface area contributed by atoms with Crippen LogP contribution in [0.2, 0.25) is 0 Å². The van der Waals surface area contributed by atoms with Gasteiger partial charge in [-0.2, -0.15) is 0 Å². The van der Waals surface area contributed by atoms with Crippen LogP contribution >= 0.6 is 0 Å². The molecule has 1 amide bonds. The van der Waals surface area contributed by atoms with Crippen molar-refractivity contribution in [2.75, 3.05) is 19.8 Å². The van der Waals surface area contributed by atoms with Crippen molar-refractivity contribution in [3.63, 3.8) is 0 Å². The zero-order valence-electron chi connectivity index (χ0n) is 14.4. The minimum Gasteiger partial charge on any atom is -0.487 e. The van der Waals surface area contributed by atoms with Gasteiger partial charge in [-0.05, 0) is 45.2 Å². The molecule has 0 radical (unpaired) electrons. The fourth-order valence-corrected chi connectivity index (χ4v) is 2.83. The van der Waals surface area contributed by atoms with E-state index in [1.807, 2.05) is 6.92 Å². The number of amides is 1. The molecule has 1 aromatic rings. The van der Waals surface area contributed by atoms with Crippen molar-refractivity contribution in [3.8, 4) is 5.75 Å². The second-order valence-electron chi connectivity index (χ2n) is 5.88. The van der Waals surface area contributed by atoms with E-state index in [1.165, 1.54) is 12.1 Å². The van der Waals surface area contributed by atoms with Gasteiger partial charge in [0.2, 0.25) is 0 Å². The van der Waals surface area contributed by atoms with Crippen LogP contribution < -0.4 is 4.74 Å². The average Bonchev–Trinajstić information content (AvgIpc) is 2.60. The van der Waals surface area contributed by atoms with Gasteiger partial charge in [0, 0.05) is 18.7 Å². The Balaban J connectivity index is 2.01. The molecule has 1 aliphatic rings. The number of hydrogen-bond acceptors (Lipinski definition) is 6. The van der Waals surface area contributed by atoms with Crippen molar-refractivity contribution >= 4 is 17.6 Å². The van der Waals surface area contributed by atoms with Gasteiger partial charge in [-0.15, -0.1) is 0 Å². The number of benzene rings is 1. The van der Waals surface area contributed by atoms with Crippen LogP contribution in [0.4, 0.5) is 5.69 Å². The Morgan fingerprint density at radius 1 is 1.36 bits per heavy atom. The third-order valence-electron chi connectivity index (χ3n) is 4.14. The van der Waals surface area contributed by atoms with Crippen molar-refractivity contribution in [1.29, 1.82) is 0 Å². The maximum Gasteiger partial charge on any atom is 0.338 e. The normalized spacial score (nSPS) is 17.0. The van der Waals surface area contributed by atoms with E-state index >= 15 is 0 Å². The summed E-state index contributed by atoms with van der Waals surface area (Å²) < 4.78 is 10.2. The van der Waals surface area contributed by atoms with Crippen LogP contribution in [-0.4, -0.2) is 47.5 Å². The monoisotopic (exact) mass is 350 g/mol. The van der Waals surface area contributed by atoms with E-state index in [1.54, 1.807) is 11.8 Å². The van der Waals surface area contributed by atoms with Crippen LogP contribution in [0.25, 0.3) is 0 Å². The van der Waals surface area contributed by atoms with Crippen molar-refractivity contribution < 1.29 is 24.0 Å². The van der Waals surface area contributed by atoms with Crippen LogP contribution in [0.1, 0.15) is 43.5 Å². The third-order valence-corrected chi connectivity index (χ3v) is 4.14. The summed E-state index contributed by atoms with van der Waals surface area (Å²) in [6.07, 6.45) is 2.96. The summed E-state index contributed by atoms with van der Waals surface area (Å²) in [7, 11) is 0. The van der Waals surface area contributed by atoms with Crippen molar-refractivity contribution in [2.24, 2.45) is 0 Å². The van der Waals surface area contributed by atoms with Gasteiger partial charge < -0.3 is 14.4 Å². The lowest BCUT2D eigenvalue weighted by Crippen LogP contribution is -2.44. The summed E-state index contributed by atoms with van der Waals surface area (Å²) in [5, 5.41) is 11.1. The smallest absolute Gasteiger partial charge is 0.338 e. The summed E-state index contributed by atoms with van der Waals surface area (Å²) in [6, 6.07) is 3.97. The van der Waals surface area contributed by atoms with Crippen LogP contribution in [0, 0.1) is 10.1 Å². The molecule has 0 unspecified atom stereocenters. The number of rotatable bonds is 6. The fourth-order valence-electron chi connectivity index (χ4n) is 2.83. The third kappa shape index (κ3) is 4.68. The molecule has 8 heteroatoms. The van der Waals surface area contributed by atoms with Gasteiger partial charge >= 0.3 is 11.7 Å². The standard InChI is InChI=1S/C17H22N2O6/c1-3-24-15-8-7-13(10-14(15)19(22)23)17(21)25-11-16(20)18-9-5-4-6-12(18)2/h7-8,10,12H,3-6,9,11H2,1-2H3/t12-/m0/s1. The van der Waals surface area contributed by atoms with Crippen LogP contribution in [-0.2, 0) is 9.53 Å². The first-order valence-electron chi connectivity index (χ1n) is 8.31. The van der Waals surface area contributed by atoms with E-state index in [4.69, 9.17) is 9.47 Å². The molecule has 0 bridgehead atoms. The topological polar surface area (TPSA) is 99.0 Å².